The lowest BCUT2D eigenvalue weighted by Gasteiger charge is -2.05. The van der Waals surface area contributed by atoms with E-state index in [1.807, 2.05) is 12.1 Å². The predicted molar refractivity (Wildman–Crippen MR) is 141 cm³/mol. The molecule has 0 fully saturated rings. The Morgan fingerprint density at radius 3 is 2.51 bits per heavy atom. The van der Waals surface area contributed by atoms with Gasteiger partial charge in [0, 0.05) is 6.07 Å². The van der Waals surface area contributed by atoms with Crippen LogP contribution in [0, 0.1) is 10.1 Å². The second-order valence-corrected chi connectivity index (χ2v) is 8.88. The predicted octanol–water partition coefficient (Wildman–Crippen LogP) is 6.84. The molecule has 2 aromatic heterocycles. The van der Waals surface area contributed by atoms with Crippen LogP contribution in [-0.2, 0) is 6.42 Å². The molecule has 186 valence electrons. The van der Waals surface area contributed by atoms with Gasteiger partial charge in [-0.2, -0.15) is 4.80 Å². The molecule has 0 spiro atoms. The van der Waals surface area contributed by atoms with Crippen LogP contribution in [0.4, 0.5) is 11.4 Å². The van der Waals surface area contributed by atoms with Gasteiger partial charge in [0.05, 0.1) is 26.9 Å². The quantitative estimate of drug-likeness (QED) is 0.179. The zero-order valence-corrected chi connectivity index (χ0v) is 20.6. The van der Waals surface area contributed by atoms with Crippen molar-refractivity contribution in [3.63, 3.8) is 0 Å². The first-order valence-corrected chi connectivity index (χ1v) is 12.1. The number of amides is 1. The van der Waals surface area contributed by atoms with Gasteiger partial charge in [0.1, 0.15) is 16.8 Å². The number of fused-ring (bicyclic) bond motifs is 1. The number of aryl methyl sites for hydroxylation is 1. The minimum absolute atomic E-state index is 0.0175. The van der Waals surface area contributed by atoms with Crippen LogP contribution in [0.25, 0.3) is 28.0 Å². The lowest BCUT2D eigenvalue weighted by Crippen LogP contribution is -2.11. The molecule has 2 heterocycles. The molecule has 1 N–H and O–H groups in total. The first-order valence-electron chi connectivity index (χ1n) is 11.7. The van der Waals surface area contributed by atoms with Gasteiger partial charge in [0.2, 0.25) is 0 Å². The van der Waals surface area contributed by atoms with E-state index < -0.39 is 10.8 Å². The van der Waals surface area contributed by atoms with Crippen LogP contribution in [0.3, 0.4) is 0 Å². The highest BCUT2D eigenvalue weighted by Crippen LogP contribution is 2.32. The van der Waals surface area contributed by atoms with E-state index in [1.165, 1.54) is 28.6 Å². The number of unbranched alkanes of at least 4 members (excludes halogenated alkanes) is 1. The van der Waals surface area contributed by atoms with E-state index in [9.17, 15) is 14.9 Å². The zero-order valence-electron chi connectivity index (χ0n) is 19.8. The number of halogens is 1. The van der Waals surface area contributed by atoms with E-state index >= 15 is 0 Å². The van der Waals surface area contributed by atoms with Gasteiger partial charge in [-0.1, -0.05) is 49.2 Å². The molecule has 5 rings (SSSR count). The molecule has 37 heavy (non-hydrogen) atoms. The SMILES string of the molecule is CCCCc1ccc(-n2nc3cc(Cl)c(NC(=O)c4ccc(-c5ccccc5[N+](=O)[O-])o4)cc3n2)cc1. The highest BCUT2D eigenvalue weighted by Gasteiger charge is 2.20. The number of carbonyl (C=O) groups is 1. The number of nitro benzene ring substituents is 1. The van der Waals surface area contributed by atoms with Crippen molar-refractivity contribution >= 4 is 39.9 Å². The summed E-state index contributed by atoms with van der Waals surface area (Å²) in [5.74, 6) is -0.361. The molecule has 0 radical (unpaired) electrons. The average Bonchev–Trinajstić information content (AvgIpc) is 3.55. The number of hydrogen-bond donors (Lipinski definition) is 1. The first-order chi connectivity index (χ1) is 17.9. The molecule has 0 bridgehead atoms. The third kappa shape index (κ3) is 5.07. The van der Waals surface area contributed by atoms with Crippen molar-refractivity contribution in [1.82, 2.24) is 15.0 Å². The fraction of sp³-hybridized carbons (Fsp3) is 0.148. The van der Waals surface area contributed by atoms with E-state index in [4.69, 9.17) is 16.0 Å². The van der Waals surface area contributed by atoms with Crippen molar-refractivity contribution in [2.24, 2.45) is 0 Å². The van der Waals surface area contributed by atoms with Gasteiger partial charge in [-0.25, -0.2) is 0 Å². The van der Waals surface area contributed by atoms with Crippen molar-refractivity contribution < 1.29 is 14.1 Å². The number of aromatic nitrogens is 3. The van der Waals surface area contributed by atoms with Gasteiger partial charge in [-0.15, -0.1) is 10.2 Å². The van der Waals surface area contributed by atoms with E-state index in [2.05, 4.69) is 34.6 Å². The minimum atomic E-state index is -0.554. The van der Waals surface area contributed by atoms with Crippen LogP contribution in [0.2, 0.25) is 5.02 Å². The Kier molecular flexibility index (Phi) is 6.70. The summed E-state index contributed by atoms with van der Waals surface area (Å²) in [6.45, 7) is 2.17. The van der Waals surface area contributed by atoms with Gasteiger partial charge in [-0.3, -0.25) is 14.9 Å². The molecule has 0 aliphatic heterocycles. The molecule has 0 aliphatic carbocycles. The van der Waals surface area contributed by atoms with E-state index in [0.29, 0.717) is 16.7 Å². The Bertz CT molecular complexity index is 1610. The summed E-state index contributed by atoms with van der Waals surface area (Å²) < 4.78 is 5.63. The molecule has 9 nitrogen and oxygen atoms in total. The highest BCUT2D eigenvalue weighted by molar-refractivity contribution is 6.34. The fourth-order valence-corrected chi connectivity index (χ4v) is 4.16. The second kappa shape index (κ2) is 10.2. The van der Waals surface area contributed by atoms with Crippen molar-refractivity contribution in [3.8, 4) is 17.0 Å². The Hall–Kier alpha value is -4.50. The molecule has 0 unspecified atom stereocenters. The van der Waals surface area contributed by atoms with Crippen molar-refractivity contribution in [1.29, 1.82) is 0 Å². The Balaban J connectivity index is 1.36. The van der Waals surface area contributed by atoms with Gasteiger partial charge in [0.15, 0.2) is 5.76 Å². The molecule has 1 amide bonds. The Labute approximate surface area is 216 Å². The summed E-state index contributed by atoms with van der Waals surface area (Å²) in [6.07, 6.45) is 3.31. The topological polar surface area (TPSA) is 116 Å². The van der Waals surface area contributed by atoms with Crippen LogP contribution in [0.5, 0.6) is 0 Å². The summed E-state index contributed by atoms with van der Waals surface area (Å²) in [5.41, 5.74) is 3.71. The molecule has 5 aromatic rings. The third-order valence-electron chi connectivity index (χ3n) is 5.90. The molecule has 10 heteroatoms. The first kappa shape index (κ1) is 24.2. The van der Waals surface area contributed by atoms with E-state index in [1.54, 1.807) is 30.3 Å². The number of nitrogens with zero attached hydrogens (tertiary/aromatic N) is 4. The number of para-hydroxylation sites is 1. The highest BCUT2D eigenvalue weighted by atomic mass is 35.5. The number of furan rings is 1. The average molecular weight is 516 g/mol. The number of carbonyl (C=O) groups excluding carboxylic acids is 1. The fourth-order valence-electron chi connectivity index (χ4n) is 3.96. The second-order valence-electron chi connectivity index (χ2n) is 8.47. The van der Waals surface area contributed by atoms with Crippen LogP contribution >= 0.6 is 11.6 Å². The van der Waals surface area contributed by atoms with Gasteiger partial charge in [-0.05, 0) is 60.9 Å². The smallest absolute Gasteiger partial charge is 0.291 e. The van der Waals surface area contributed by atoms with Crippen molar-refractivity contribution in [2.45, 2.75) is 26.2 Å². The monoisotopic (exact) mass is 515 g/mol. The van der Waals surface area contributed by atoms with Gasteiger partial charge >= 0.3 is 0 Å². The largest absolute Gasteiger partial charge is 0.451 e. The van der Waals surface area contributed by atoms with Crippen LogP contribution in [-0.4, -0.2) is 25.8 Å². The summed E-state index contributed by atoms with van der Waals surface area (Å²) in [7, 11) is 0. The summed E-state index contributed by atoms with van der Waals surface area (Å²) >= 11 is 6.42. The summed E-state index contributed by atoms with van der Waals surface area (Å²) in [5, 5.41) is 23.4. The maximum atomic E-state index is 12.9. The molecular weight excluding hydrogens is 494 g/mol. The summed E-state index contributed by atoms with van der Waals surface area (Å²) in [4.78, 5) is 25.2. The number of hydrogen-bond acceptors (Lipinski definition) is 6. The minimum Gasteiger partial charge on any atom is -0.451 e. The third-order valence-corrected chi connectivity index (χ3v) is 6.21. The standard InChI is InChI=1S/C27H22ClN5O4/c1-2-3-6-17-9-11-18(12-10-17)32-30-22-15-20(28)21(16-23(22)31-32)29-27(34)26-14-13-25(37-26)19-7-4-5-8-24(19)33(35)36/h4-5,7-16H,2-3,6H2,1H3,(H,29,34). The number of nitrogens with one attached hydrogen (secondary N) is 1. The molecule has 0 saturated heterocycles. The Morgan fingerprint density at radius 1 is 1.05 bits per heavy atom. The zero-order chi connectivity index (χ0) is 25.9. The van der Waals surface area contributed by atoms with Crippen LogP contribution in [0.15, 0.2) is 77.2 Å². The van der Waals surface area contributed by atoms with Gasteiger partial charge < -0.3 is 9.73 Å². The molecule has 0 aliphatic rings. The van der Waals surface area contributed by atoms with E-state index in [-0.39, 0.29) is 27.8 Å². The van der Waals surface area contributed by atoms with Crippen LogP contribution < -0.4 is 5.32 Å². The van der Waals surface area contributed by atoms with E-state index in [0.717, 1.165) is 24.9 Å². The van der Waals surface area contributed by atoms with Gasteiger partial charge in [0.25, 0.3) is 11.6 Å². The van der Waals surface area contributed by atoms with Crippen molar-refractivity contribution in [3.05, 3.63) is 99.3 Å². The number of benzene rings is 3. The lowest BCUT2D eigenvalue weighted by molar-refractivity contribution is -0.384. The Morgan fingerprint density at radius 2 is 1.78 bits per heavy atom. The molecule has 0 saturated carbocycles. The normalized spacial score (nSPS) is 11.1. The summed E-state index contributed by atoms with van der Waals surface area (Å²) in [6, 6.07) is 20.5. The molecule has 0 atom stereocenters. The number of rotatable bonds is 8. The molecule has 3 aromatic carbocycles. The molecular formula is C27H22ClN5O4. The van der Waals surface area contributed by atoms with Crippen LogP contribution in [0.1, 0.15) is 35.9 Å². The number of anilines is 1. The lowest BCUT2D eigenvalue weighted by atomic mass is 10.1. The maximum Gasteiger partial charge on any atom is 0.291 e. The van der Waals surface area contributed by atoms with Crippen molar-refractivity contribution in [2.75, 3.05) is 5.32 Å². The maximum absolute atomic E-state index is 12.9. The number of nitro groups is 1.